The monoisotopic (exact) mass is 1030 g/mol. The fourth-order valence-corrected chi connectivity index (χ4v) is 12.3. The predicted molar refractivity (Wildman–Crippen MR) is 275 cm³/mol. The van der Waals surface area contributed by atoms with E-state index in [1.807, 2.05) is 24.3 Å². The summed E-state index contributed by atoms with van der Waals surface area (Å²) in [4.78, 5) is -0.366. The van der Waals surface area contributed by atoms with Crippen molar-refractivity contribution in [2.24, 2.45) is 0 Å². The number of anilines is 2. The predicted octanol–water partition coefficient (Wildman–Crippen LogP) is 13.7. The summed E-state index contributed by atoms with van der Waals surface area (Å²) in [6.07, 6.45) is 0. The van der Waals surface area contributed by atoms with E-state index in [0.29, 0.717) is 50.7 Å². The molecule has 0 fully saturated rings. The van der Waals surface area contributed by atoms with E-state index in [1.54, 1.807) is 45.0 Å². The van der Waals surface area contributed by atoms with Gasteiger partial charge in [0.15, 0.2) is 23.3 Å². The molecule has 0 unspecified atom stereocenters. The van der Waals surface area contributed by atoms with Crippen LogP contribution in [-0.2, 0) is 24.8 Å². The molecular weight excluding hydrogens is 971 g/mol. The van der Waals surface area contributed by atoms with Gasteiger partial charge in [-0.15, -0.1) is 11.8 Å². The number of nitrogens with one attached hydrogen (secondary N) is 2. The van der Waals surface area contributed by atoms with Crippen LogP contribution in [0.2, 0.25) is 0 Å². The first-order valence-corrected chi connectivity index (χ1v) is 27.3. The molecule has 1 aliphatic carbocycles. The van der Waals surface area contributed by atoms with Crippen LogP contribution in [0, 0.1) is 23.3 Å². The summed E-state index contributed by atoms with van der Waals surface area (Å²) in [5, 5.41) is 4.71. The van der Waals surface area contributed by atoms with E-state index in [2.05, 4.69) is 94.1 Å². The molecule has 0 amide bonds. The zero-order chi connectivity index (χ0) is 51.9. The highest BCUT2D eigenvalue weighted by Crippen LogP contribution is 2.45. The Morgan fingerprint density at radius 1 is 0.662 bits per heavy atom. The summed E-state index contributed by atoms with van der Waals surface area (Å²) in [6, 6.07) is 28.5. The Labute approximate surface area is 418 Å². The molecule has 0 radical (unpaired) electrons. The van der Waals surface area contributed by atoms with E-state index in [0.717, 1.165) is 39.7 Å². The molecular formula is C55H59F4N3O6S3. The number of sulfonamides is 2. The molecule has 5 aromatic carbocycles. The SMILES string of the molecule is CC(C)c1cccc(C(C)C)c1Nc1ccc2c(-c3ccccc3S(=O)(=O)[N-]S(=O)(=O)c3c(F)c(F)c(SCCOC(C)(C)C)c(F)c3F)c3ccc(=[NH+]c4c(C(C)C)cccc4C(C)C)cc-3oc2c1. The second kappa shape index (κ2) is 20.9. The van der Waals surface area contributed by atoms with Gasteiger partial charge in [-0.1, -0.05) is 110 Å². The van der Waals surface area contributed by atoms with Gasteiger partial charge in [0.1, 0.15) is 36.3 Å². The van der Waals surface area contributed by atoms with E-state index in [1.165, 1.54) is 18.2 Å². The zero-order valence-corrected chi connectivity index (χ0v) is 44.0. The molecule has 1 aliphatic heterocycles. The Morgan fingerprint density at radius 2 is 1.23 bits per heavy atom. The number of hydrogen-bond donors (Lipinski definition) is 2. The summed E-state index contributed by atoms with van der Waals surface area (Å²) in [5.41, 5.74) is 7.34. The van der Waals surface area contributed by atoms with Gasteiger partial charge in [-0.25, -0.2) is 39.4 Å². The third-order valence-corrected chi connectivity index (χ3v) is 16.3. The van der Waals surface area contributed by atoms with Crippen LogP contribution in [0.1, 0.15) is 122 Å². The van der Waals surface area contributed by atoms with Crippen molar-refractivity contribution in [3.63, 3.8) is 0 Å². The molecule has 16 heteroatoms. The highest BCUT2D eigenvalue weighted by Gasteiger charge is 2.32. The summed E-state index contributed by atoms with van der Waals surface area (Å²) >= 11 is 0.367. The molecule has 2 aliphatic rings. The molecule has 0 spiro atoms. The van der Waals surface area contributed by atoms with Crippen LogP contribution in [-0.4, -0.2) is 34.8 Å². The van der Waals surface area contributed by atoms with Crippen LogP contribution < -0.4 is 15.7 Å². The van der Waals surface area contributed by atoms with Gasteiger partial charge in [-0.2, -0.15) is 0 Å². The summed E-state index contributed by atoms with van der Waals surface area (Å²) in [5.74, 6) is -7.78. The third kappa shape index (κ3) is 11.3. The van der Waals surface area contributed by atoms with Crippen LogP contribution in [0.5, 0.6) is 0 Å². The normalized spacial score (nSPS) is 13.0. The number of ether oxygens (including phenoxy) is 1. The lowest BCUT2D eigenvalue weighted by Crippen LogP contribution is -2.71. The summed E-state index contributed by atoms with van der Waals surface area (Å²) in [6.45, 7) is 22.1. The Morgan fingerprint density at radius 3 is 1.79 bits per heavy atom. The summed E-state index contributed by atoms with van der Waals surface area (Å²) in [7, 11) is -11.4. The first kappa shape index (κ1) is 53.3. The Kier molecular flexibility index (Phi) is 15.7. The van der Waals surface area contributed by atoms with Gasteiger partial charge in [0.25, 0.3) is 0 Å². The maximum absolute atomic E-state index is 15.7. The smallest absolute Gasteiger partial charge is 0.210 e. The van der Waals surface area contributed by atoms with Gasteiger partial charge in [0.2, 0.25) is 11.0 Å². The molecule has 0 saturated heterocycles. The maximum atomic E-state index is 15.7. The number of hydrogen-bond acceptors (Lipinski definition) is 8. The fourth-order valence-electron chi connectivity index (χ4n) is 8.56. The molecule has 5 aromatic rings. The van der Waals surface area contributed by atoms with Crippen LogP contribution >= 0.6 is 11.8 Å². The average Bonchev–Trinajstić information content (AvgIpc) is 3.28. The molecule has 376 valence electrons. The first-order valence-electron chi connectivity index (χ1n) is 23.4. The Balaban J connectivity index is 1.41. The number of halogens is 4. The molecule has 0 atom stereocenters. The van der Waals surface area contributed by atoms with Crippen molar-refractivity contribution in [3.05, 3.63) is 152 Å². The zero-order valence-electron chi connectivity index (χ0n) is 41.6. The van der Waals surface area contributed by atoms with Gasteiger partial charge >= 0.3 is 0 Å². The summed E-state index contributed by atoms with van der Waals surface area (Å²) < 4.78 is 134. The van der Waals surface area contributed by atoms with Crippen molar-refractivity contribution in [2.75, 3.05) is 17.7 Å². The lowest BCUT2D eigenvalue weighted by atomic mass is 9.92. The van der Waals surface area contributed by atoms with Crippen LogP contribution in [0.3, 0.4) is 0 Å². The second-order valence-electron chi connectivity index (χ2n) is 19.6. The molecule has 71 heavy (non-hydrogen) atoms. The molecule has 7 rings (SSSR count). The largest absolute Gasteiger partial charge is 0.456 e. The van der Waals surface area contributed by atoms with E-state index >= 15 is 17.6 Å². The minimum absolute atomic E-state index is 0.0410. The average molecular weight is 1030 g/mol. The van der Waals surface area contributed by atoms with Crippen molar-refractivity contribution in [1.82, 2.24) is 0 Å². The van der Waals surface area contributed by atoms with Crippen LogP contribution in [0.4, 0.5) is 34.6 Å². The second-order valence-corrected chi connectivity index (χ2v) is 24.1. The number of benzene rings is 6. The molecule has 0 saturated carbocycles. The minimum atomic E-state index is -5.99. The van der Waals surface area contributed by atoms with Crippen molar-refractivity contribution in [3.8, 4) is 22.5 Å². The van der Waals surface area contributed by atoms with Crippen molar-refractivity contribution in [2.45, 2.75) is 120 Å². The molecule has 9 nitrogen and oxygen atoms in total. The number of fused-ring (bicyclic) bond motifs is 2. The van der Waals surface area contributed by atoms with Crippen LogP contribution in [0.15, 0.2) is 116 Å². The minimum Gasteiger partial charge on any atom is -0.456 e. The van der Waals surface area contributed by atoms with Gasteiger partial charge in [-0.05, 0) is 79.8 Å². The molecule has 1 heterocycles. The number of thioether (sulfide) groups is 1. The van der Waals surface area contributed by atoms with Crippen molar-refractivity contribution < 1.29 is 48.5 Å². The lowest BCUT2D eigenvalue weighted by Gasteiger charge is -2.25. The van der Waals surface area contributed by atoms with Crippen molar-refractivity contribution >= 4 is 59.8 Å². The van der Waals surface area contributed by atoms with Gasteiger partial charge in [-0.3, -0.25) is 0 Å². The lowest BCUT2D eigenvalue weighted by molar-refractivity contribution is -0.404. The number of para-hydroxylation sites is 2. The van der Waals surface area contributed by atoms with E-state index < -0.39 is 63.6 Å². The van der Waals surface area contributed by atoms with E-state index in [-0.39, 0.29) is 41.6 Å². The van der Waals surface area contributed by atoms with E-state index in [4.69, 9.17) is 9.15 Å². The molecule has 2 N–H and O–H groups in total. The fraction of sp³-hybridized carbons (Fsp3) is 0.327. The Hall–Kier alpha value is -5.52. The quantitative estimate of drug-likeness (QED) is 0.0322. The third-order valence-electron chi connectivity index (χ3n) is 11.9. The molecule has 0 bridgehead atoms. The molecule has 0 aromatic heterocycles. The maximum Gasteiger partial charge on any atom is 0.210 e. The highest BCUT2D eigenvalue weighted by molar-refractivity contribution is 8.12. The number of rotatable bonds is 16. The topological polar surface area (TPSA) is 131 Å². The van der Waals surface area contributed by atoms with Gasteiger partial charge in [0.05, 0.1) is 28.1 Å². The highest BCUT2D eigenvalue weighted by atomic mass is 32.3. The van der Waals surface area contributed by atoms with Gasteiger partial charge in [0, 0.05) is 62.5 Å². The Bertz CT molecular complexity index is 3340. The standard InChI is InChI=1S/C55H58F4N3O6S3/c1-30(2)36-17-14-18-37(31(3)4)51(36)60-34-22-24-40-43(28-34)68-44-29-35(61-52-38(32(5)6)19-15-20-39(52)33(7)8)23-25-41(44)46(40)42-16-12-13-21-45(42)70(63,64)62-71(65,66)54-49(58)47(56)53(48(57)50(54)59)69-27-26-67-55(9,10)11/h12-25,28-33,60H,26-27H2,1-11H3/q-1/p+1. The van der Waals surface area contributed by atoms with E-state index in [9.17, 15) is 16.8 Å². The number of nitrogens with zero attached hydrogens (tertiary/aromatic N) is 1. The van der Waals surface area contributed by atoms with Crippen LogP contribution in [0.25, 0.3) is 37.5 Å². The van der Waals surface area contributed by atoms with Crippen molar-refractivity contribution in [1.29, 1.82) is 0 Å². The van der Waals surface area contributed by atoms with Gasteiger partial charge < -0.3 is 18.6 Å². The first-order chi connectivity index (χ1) is 33.3.